The van der Waals surface area contributed by atoms with Crippen molar-refractivity contribution in [3.8, 4) is 0 Å². The average molecular weight is 366 g/mol. The quantitative estimate of drug-likeness (QED) is 0.609. The fourth-order valence-electron chi connectivity index (χ4n) is 1.52. The first-order chi connectivity index (χ1) is 9.27. The number of nitrogens with two attached hydrogens (primary N) is 1. The fraction of sp³-hybridized carbons (Fsp3) is 0.417. The third kappa shape index (κ3) is 4.55. The molecule has 0 heterocycles. The smallest absolute Gasteiger partial charge is 0.338 e. The van der Waals surface area contributed by atoms with Crippen molar-refractivity contribution in [1.29, 1.82) is 0 Å². The van der Waals surface area contributed by atoms with Crippen molar-refractivity contribution in [3.05, 3.63) is 27.7 Å². The number of primary sulfonamides is 1. The van der Waals surface area contributed by atoms with Gasteiger partial charge < -0.3 is 9.47 Å². The van der Waals surface area contributed by atoms with E-state index in [9.17, 15) is 13.2 Å². The van der Waals surface area contributed by atoms with Crippen LogP contribution in [-0.2, 0) is 19.5 Å². The maximum atomic E-state index is 11.8. The lowest BCUT2D eigenvalue weighted by Gasteiger charge is -2.09. The minimum absolute atomic E-state index is 0.101. The Hall–Kier alpha value is -0.960. The largest absolute Gasteiger partial charge is 0.462 e. The lowest BCUT2D eigenvalue weighted by molar-refractivity contribution is 0.0468. The second-order valence-electron chi connectivity index (χ2n) is 4.11. The van der Waals surface area contributed by atoms with E-state index in [1.54, 1.807) is 14.0 Å². The Labute approximate surface area is 126 Å². The zero-order valence-electron chi connectivity index (χ0n) is 11.2. The molecule has 1 rings (SSSR count). The summed E-state index contributed by atoms with van der Waals surface area (Å²) in [6.45, 7) is 2.27. The topological polar surface area (TPSA) is 95.7 Å². The van der Waals surface area contributed by atoms with Crippen LogP contribution in [0.4, 0.5) is 0 Å². The molecular formula is C12H16BrNO5S. The summed E-state index contributed by atoms with van der Waals surface area (Å²) in [5.41, 5.74) is 0.576. The maximum Gasteiger partial charge on any atom is 0.338 e. The molecule has 0 spiro atoms. The number of rotatable bonds is 6. The van der Waals surface area contributed by atoms with Gasteiger partial charge in [-0.05, 0) is 24.6 Å². The maximum absolute atomic E-state index is 11.8. The summed E-state index contributed by atoms with van der Waals surface area (Å²) in [5.74, 6) is -0.605. The molecule has 1 aromatic rings. The Kier molecular flexibility index (Phi) is 6.12. The Morgan fingerprint density at radius 3 is 2.55 bits per heavy atom. The summed E-state index contributed by atoms with van der Waals surface area (Å²) >= 11 is 3.20. The summed E-state index contributed by atoms with van der Waals surface area (Å²) in [5, 5.41) is 5.12. The van der Waals surface area contributed by atoms with Crippen LogP contribution in [0, 0.1) is 6.92 Å². The number of carbonyl (C=O) groups is 1. The Morgan fingerprint density at radius 1 is 1.35 bits per heavy atom. The van der Waals surface area contributed by atoms with Crippen LogP contribution >= 0.6 is 15.9 Å². The summed E-state index contributed by atoms with van der Waals surface area (Å²) < 4.78 is 33.3. The number of hydrogen-bond acceptors (Lipinski definition) is 5. The summed E-state index contributed by atoms with van der Waals surface area (Å²) in [6.07, 6.45) is 0.567. The average Bonchev–Trinajstić information content (AvgIpc) is 2.36. The predicted molar refractivity (Wildman–Crippen MR) is 77.0 cm³/mol. The van der Waals surface area contributed by atoms with Crippen molar-refractivity contribution in [2.75, 3.05) is 20.3 Å². The molecule has 8 heteroatoms. The summed E-state index contributed by atoms with van der Waals surface area (Å²) in [6, 6.07) is 2.72. The summed E-state index contributed by atoms with van der Waals surface area (Å²) in [7, 11) is -2.35. The lowest BCUT2D eigenvalue weighted by atomic mass is 10.1. The van der Waals surface area contributed by atoms with E-state index in [0.717, 1.165) is 0 Å². The molecule has 0 amide bonds. The van der Waals surface area contributed by atoms with E-state index in [0.29, 0.717) is 23.1 Å². The third-order valence-electron chi connectivity index (χ3n) is 2.56. The van der Waals surface area contributed by atoms with Crippen molar-refractivity contribution in [2.24, 2.45) is 5.14 Å². The molecule has 20 heavy (non-hydrogen) atoms. The highest BCUT2D eigenvalue weighted by atomic mass is 79.9. The molecular weight excluding hydrogens is 350 g/mol. The van der Waals surface area contributed by atoms with Crippen molar-refractivity contribution in [2.45, 2.75) is 18.2 Å². The van der Waals surface area contributed by atoms with Gasteiger partial charge in [-0.2, -0.15) is 0 Å². The summed E-state index contributed by atoms with van der Waals surface area (Å²) in [4.78, 5) is 11.7. The van der Waals surface area contributed by atoms with E-state index >= 15 is 0 Å². The van der Waals surface area contributed by atoms with Crippen LogP contribution in [0.3, 0.4) is 0 Å². The Morgan fingerprint density at radius 2 is 2.00 bits per heavy atom. The van der Waals surface area contributed by atoms with E-state index < -0.39 is 16.0 Å². The molecule has 0 saturated heterocycles. The molecule has 0 bridgehead atoms. The van der Waals surface area contributed by atoms with E-state index in [2.05, 4.69) is 15.9 Å². The molecule has 0 aliphatic rings. The molecule has 0 aromatic heterocycles. The van der Waals surface area contributed by atoms with Gasteiger partial charge in [0, 0.05) is 24.6 Å². The highest BCUT2D eigenvalue weighted by Gasteiger charge is 2.18. The second-order valence-corrected chi connectivity index (χ2v) is 6.49. The minimum atomic E-state index is -3.90. The van der Waals surface area contributed by atoms with Gasteiger partial charge in [0.05, 0.1) is 17.1 Å². The van der Waals surface area contributed by atoms with Gasteiger partial charge in [0.15, 0.2) is 0 Å². The highest BCUT2D eigenvalue weighted by molar-refractivity contribution is 9.10. The van der Waals surface area contributed by atoms with Crippen LogP contribution in [0.5, 0.6) is 0 Å². The number of carbonyl (C=O) groups excluding carboxylic acids is 1. The number of methoxy groups -OCH3 is 1. The van der Waals surface area contributed by atoms with E-state index in [1.165, 1.54) is 12.1 Å². The van der Waals surface area contributed by atoms with Gasteiger partial charge in [0.1, 0.15) is 0 Å². The van der Waals surface area contributed by atoms with Crippen LogP contribution < -0.4 is 5.14 Å². The zero-order valence-corrected chi connectivity index (χ0v) is 13.6. The normalized spacial score (nSPS) is 11.4. The monoisotopic (exact) mass is 365 g/mol. The first-order valence-electron chi connectivity index (χ1n) is 5.76. The van der Waals surface area contributed by atoms with Gasteiger partial charge in [-0.3, -0.25) is 0 Å². The van der Waals surface area contributed by atoms with E-state index in [-0.39, 0.29) is 17.1 Å². The van der Waals surface area contributed by atoms with Crippen LogP contribution in [0.25, 0.3) is 0 Å². The van der Waals surface area contributed by atoms with Gasteiger partial charge in [0.25, 0.3) is 0 Å². The molecule has 6 nitrogen and oxygen atoms in total. The standard InChI is InChI=1S/C12H16BrNO5S/c1-8-10(13)6-9(7-11(8)20(14,16)17)12(15)19-5-3-4-18-2/h6-7H,3-5H2,1-2H3,(H2,14,16,17). The van der Waals surface area contributed by atoms with Gasteiger partial charge >= 0.3 is 5.97 Å². The van der Waals surface area contributed by atoms with Crippen molar-refractivity contribution < 1.29 is 22.7 Å². The van der Waals surface area contributed by atoms with Crippen LogP contribution in [0.1, 0.15) is 22.3 Å². The SMILES string of the molecule is COCCCOC(=O)c1cc(Br)c(C)c(S(N)(=O)=O)c1. The predicted octanol–water partition coefficient (Wildman–Crippen LogP) is 1.60. The number of esters is 1. The van der Waals surface area contributed by atoms with Crippen molar-refractivity contribution in [3.63, 3.8) is 0 Å². The second kappa shape index (κ2) is 7.16. The first-order valence-corrected chi connectivity index (χ1v) is 8.10. The van der Waals surface area contributed by atoms with Crippen LogP contribution in [0.2, 0.25) is 0 Å². The first kappa shape index (κ1) is 17.1. The molecule has 0 fully saturated rings. The molecule has 0 aliphatic heterocycles. The van der Waals surface area contributed by atoms with Gasteiger partial charge in [-0.15, -0.1) is 0 Å². The fourth-order valence-corrected chi connectivity index (χ4v) is 2.94. The van der Waals surface area contributed by atoms with E-state index in [4.69, 9.17) is 14.6 Å². The van der Waals surface area contributed by atoms with Crippen LogP contribution in [-0.4, -0.2) is 34.7 Å². The molecule has 112 valence electrons. The van der Waals surface area contributed by atoms with Gasteiger partial charge in [-0.1, -0.05) is 15.9 Å². The number of hydrogen-bond donors (Lipinski definition) is 1. The van der Waals surface area contributed by atoms with Crippen molar-refractivity contribution >= 4 is 31.9 Å². The molecule has 0 saturated carbocycles. The zero-order chi connectivity index (χ0) is 15.3. The minimum Gasteiger partial charge on any atom is -0.462 e. The highest BCUT2D eigenvalue weighted by Crippen LogP contribution is 2.25. The molecule has 0 aliphatic carbocycles. The van der Waals surface area contributed by atoms with Crippen LogP contribution in [0.15, 0.2) is 21.5 Å². The lowest BCUT2D eigenvalue weighted by Crippen LogP contribution is -2.16. The van der Waals surface area contributed by atoms with Gasteiger partial charge in [0.2, 0.25) is 10.0 Å². The van der Waals surface area contributed by atoms with E-state index in [1.807, 2.05) is 0 Å². The Bertz CT molecular complexity index is 600. The van der Waals surface area contributed by atoms with Crippen molar-refractivity contribution in [1.82, 2.24) is 0 Å². The number of sulfonamides is 1. The molecule has 0 radical (unpaired) electrons. The molecule has 2 N–H and O–H groups in total. The third-order valence-corrected chi connectivity index (χ3v) is 4.43. The number of halogens is 1. The van der Waals surface area contributed by atoms with Gasteiger partial charge in [-0.25, -0.2) is 18.4 Å². The molecule has 1 aromatic carbocycles. The molecule has 0 atom stereocenters. The molecule has 0 unspecified atom stereocenters. The number of benzene rings is 1. The Balaban J connectivity index is 2.97. The number of ether oxygens (including phenoxy) is 2.